The first kappa shape index (κ1) is 29.7. The summed E-state index contributed by atoms with van der Waals surface area (Å²) < 4.78 is 2.32. The Hall–Kier alpha value is -5.68. The molecule has 0 amide bonds. The first-order valence-corrected chi connectivity index (χ1v) is 16.5. The highest BCUT2D eigenvalue weighted by Gasteiger charge is 2.22. The third-order valence-corrected chi connectivity index (χ3v) is 10.1. The first-order valence-electron chi connectivity index (χ1n) is 16.5. The summed E-state index contributed by atoms with van der Waals surface area (Å²) >= 11 is 0. The Labute approximate surface area is 282 Å². The molecule has 0 aliphatic carbocycles. The Bertz CT molecular complexity index is 2470. The standard InChI is InChI=1S/C41H33B3N2O2/c1-2-33-45-30-16-8-10-18-32(30)46(33)31-17-9-7-15-29(31)36-27-13-5-3-11-25(27)34(26-12-4-6-14-28(26)36)23-19-21-24(22-20-23)35-37(42)38(43)39(44)41(48)40(35)47/h3-22,47-48H,2,42-44H2,1H3. The molecule has 7 heteroatoms. The highest BCUT2D eigenvalue weighted by Crippen LogP contribution is 2.46. The lowest BCUT2D eigenvalue weighted by atomic mass is 9.68. The molecular weight excluding hydrogens is 585 g/mol. The van der Waals surface area contributed by atoms with Crippen LogP contribution in [0, 0.1) is 0 Å². The summed E-state index contributed by atoms with van der Waals surface area (Å²) in [5.74, 6) is 0.909. The van der Waals surface area contributed by atoms with E-state index in [-0.39, 0.29) is 11.5 Å². The molecular formula is C41H33B3N2O2. The van der Waals surface area contributed by atoms with Crippen LogP contribution >= 0.6 is 0 Å². The quantitative estimate of drug-likeness (QED) is 0.161. The fourth-order valence-electron chi connectivity index (χ4n) is 7.47. The molecule has 0 unspecified atom stereocenters. The average Bonchev–Trinajstić information content (AvgIpc) is 3.51. The molecule has 228 valence electrons. The minimum absolute atomic E-state index is 0.0558. The first-order chi connectivity index (χ1) is 23.4. The number of imidazole rings is 1. The minimum Gasteiger partial charge on any atom is -0.505 e. The Morgan fingerprint density at radius 2 is 1.06 bits per heavy atom. The average molecular weight is 618 g/mol. The molecule has 1 heterocycles. The lowest BCUT2D eigenvalue weighted by molar-refractivity contribution is 0.409. The third-order valence-electron chi connectivity index (χ3n) is 10.1. The van der Waals surface area contributed by atoms with Gasteiger partial charge < -0.3 is 10.2 Å². The summed E-state index contributed by atoms with van der Waals surface area (Å²) in [7, 11) is 5.82. The van der Waals surface area contributed by atoms with Crippen LogP contribution < -0.4 is 16.4 Å². The number of para-hydroxylation sites is 3. The second-order valence-corrected chi connectivity index (χ2v) is 12.6. The zero-order valence-electron chi connectivity index (χ0n) is 27.5. The molecule has 8 aromatic rings. The number of aryl methyl sites for hydroxylation is 1. The molecule has 0 fully saturated rings. The van der Waals surface area contributed by atoms with E-state index in [1.165, 1.54) is 32.7 Å². The van der Waals surface area contributed by atoms with Crippen molar-refractivity contribution in [3.8, 4) is 50.6 Å². The predicted octanol–water partition coefficient (Wildman–Crippen LogP) is 5.08. The normalized spacial score (nSPS) is 11.5. The van der Waals surface area contributed by atoms with Crippen molar-refractivity contribution in [2.75, 3.05) is 0 Å². The van der Waals surface area contributed by atoms with Gasteiger partial charge in [0.1, 0.15) is 29.4 Å². The maximum atomic E-state index is 11.0. The second-order valence-electron chi connectivity index (χ2n) is 12.6. The van der Waals surface area contributed by atoms with E-state index < -0.39 is 0 Å². The van der Waals surface area contributed by atoms with E-state index in [1.54, 1.807) is 0 Å². The number of hydrogen-bond acceptors (Lipinski definition) is 3. The fourth-order valence-corrected chi connectivity index (χ4v) is 7.47. The molecule has 0 bridgehead atoms. The number of aromatic hydroxyl groups is 2. The Morgan fingerprint density at radius 3 is 1.69 bits per heavy atom. The molecule has 48 heavy (non-hydrogen) atoms. The number of benzene rings is 7. The molecule has 0 spiro atoms. The van der Waals surface area contributed by atoms with Crippen molar-refractivity contribution < 1.29 is 10.2 Å². The third kappa shape index (κ3) is 4.45. The maximum absolute atomic E-state index is 11.0. The number of rotatable bonds is 5. The summed E-state index contributed by atoms with van der Waals surface area (Å²) in [6.45, 7) is 2.16. The van der Waals surface area contributed by atoms with Crippen molar-refractivity contribution in [2.24, 2.45) is 0 Å². The van der Waals surface area contributed by atoms with Gasteiger partial charge in [-0.05, 0) is 62.0 Å². The Balaban J connectivity index is 1.38. The van der Waals surface area contributed by atoms with Crippen molar-refractivity contribution in [3.05, 3.63) is 127 Å². The van der Waals surface area contributed by atoms with Gasteiger partial charge in [-0.1, -0.05) is 126 Å². The van der Waals surface area contributed by atoms with Crippen LogP contribution in [0.15, 0.2) is 121 Å². The van der Waals surface area contributed by atoms with E-state index in [1.807, 2.05) is 29.6 Å². The Kier molecular flexibility index (Phi) is 7.14. The van der Waals surface area contributed by atoms with E-state index in [4.69, 9.17) is 4.98 Å². The van der Waals surface area contributed by atoms with Gasteiger partial charge in [-0.25, -0.2) is 4.98 Å². The van der Waals surface area contributed by atoms with Crippen LogP contribution in [0.2, 0.25) is 0 Å². The van der Waals surface area contributed by atoms with Gasteiger partial charge in [0.2, 0.25) is 0 Å². The lowest BCUT2D eigenvalue weighted by Crippen LogP contribution is -2.40. The van der Waals surface area contributed by atoms with Crippen molar-refractivity contribution in [1.29, 1.82) is 0 Å². The summed E-state index contributed by atoms with van der Waals surface area (Å²) in [5, 5.41) is 26.3. The molecule has 1 aromatic heterocycles. The molecule has 0 radical (unpaired) electrons. The summed E-state index contributed by atoms with van der Waals surface area (Å²) in [4.78, 5) is 5.01. The highest BCUT2D eigenvalue weighted by molar-refractivity contribution is 6.59. The van der Waals surface area contributed by atoms with Crippen LogP contribution in [0.4, 0.5) is 0 Å². The lowest BCUT2D eigenvalue weighted by Gasteiger charge is -2.21. The van der Waals surface area contributed by atoms with E-state index in [2.05, 4.69) is 127 Å². The number of phenols is 2. The van der Waals surface area contributed by atoms with Crippen LogP contribution in [-0.4, -0.2) is 43.3 Å². The molecule has 4 nitrogen and oxygen atoms in total. The molecule has 0 atom stereocenters. The molecule has 0 aliphatic heterocycles. The molecule has 7 aromatic carbocycles. The monoisotopic (exact) mass is 618 g/mol. The smallest absolute Gasteiger partial charge is 0.164 e. The second kappa shape index (κ2) is 11.5. The summed E-state index contributed by atoms with van der Waals surface area (Å²) in [5.41, 5.74) is 12.0. The van der Waals surface area contributed by atoms with Crippen LogP contribution in [-0.2, 0) is 6.42 Å². The van der Waals surface area contributed by atoms with Crippen molar-refractivity contribution in [3.63, 3.8) is 0 Å². The van der Waals surface area contributed by atoms with Crippen LogP contribution in [0.25, 0.3) is 71.6 Å². The molecule has 0 aliphatic rings. The van der Waals surface area contributed by atoms with Crippen molar-refractivity contribution in [1.82, 2.24) is 9.55 Å². The van der Waals surface area contributed by atoms with Gasteiger partial charge >= 0.3 is 0 Å². The summed E-state index contributed by atoms with van der Waals surface area (Å²) in [6, 6.07) is 42.8. The molecule has 0 saturated heterocycles. The topological polar surface area (TPSA) is 58.3 Å². The molecule has 8 rings (SSSR count). The van der Waals surface area contributed by atoms with Crippen LogP contribution in [0.3, 0.4) is 0 Å². The molecule has 2 N–H and O–H groups in total. The van der Waals surface area contributed by atoms with Crippen LogP contribution in [0.5, 0.6) is 11.5 Å². The van der Waals surface area contributed by atoms with Gasteiger partial charge in [0.25, 0.3) is 0 Å². The largest absolute Gasteiger partial charge is 0.505 e. The minimum atomic E-state index is -0.0702. The van der Waals surface area contributed by atoms with Crippen LogP contribution in [0.1, 0.15) is 12.7 Å². The molecule has 0 saturated carbocycles. The van der Waals surface area contributed by atoms with E-state index in [0.717, 1.165) is 56.6 Å². The van der Waals surface area contributed by atoms with Gasteiger partial charge in [-0.15, -0.1) is 0 Å². The SMILES string of the molecule is Bc1c(B)c(O)c(O)c(-c2ccc(-c3c4ccccc4c(-c4ccccc4-n4c(CC)nc5ccccc54)c4ccccc34)cc2)c1B. The van der Waals surface area contributed by atoms with Gasteiger partial charge in [0.15, 0.2) is 11.5 Å². The van der Waals surface area contributed by atoms with E-state index in [0.29, 0.717) is 11.0 Å². The predicted molar refractivity (Wildman–Crippen MR) is 210 cm³/mol. The van der Waals surface area contributed by atoms with Crippen molar-refractivity contribution in [2.45, 2.75) is 13.3 Å². The van der Waals surface area contributed by atoms with Gasteiger partial charge in [-0.3, -0.25) is 4.57 Å². The summed E-state index contributed by atoms with van der Waals surface area (Å²) in [6.07, 6.45) is 0.818. The highest BCUT2D eigenvalue weighted by atomic mass is 16.3. The fraction of sp³-hybridized carbons (Fsp3) is 0.0488. The number of nitrogens with zero attached hydrogens (tertiary/aromatic N) is 2. The van der Waals surface area contributed by atoms with Gasteiger partial charge in [0, 0.05) is 17.5 Å². The van der Waals surface area contributed by atoms with E-state index >= 15 is 0 Å². The zero-order valence-corrected chi connectivity index (χ0v) is 27.5. The zero-order chi connectivity index (χ0) is 33.1. The van der Waals surface area contributed by atoms with E-state index in [9.17, 15) is 10.2 Å². The number of fused-ring (bicyclic) bond motifs is 3. The number of phenolic OH excluding ortho intramolecular Hbond substituents is 2. The Morgan fingerprint density at radius 1 is 0.542 bits per heavy atom. The van der Waals surface area contributed by atoms with Gasteiger partial charge in [-0.2, -0.15) is 0 Å². The maximum Gasteiger partial charge on any atom is 0.164 e. The number of aromatic nitrogens is 2. The van der Waals surface area contributed by atoms with Gasteiger partial charge in [0.05, 0.1) is 16.7 Å². The van der Waals surface area contributed by atoms with Crippen molar-refractivity contribution >= 4 is 72.5 Å². The number of hydrogen-bond donors (Lipinski definition) is 2.